The van der Waals surface area contributed by atoms with Gasteiger partial charge < -0.3 is 24.8 Å². The molecule has 1 fully saturated rings. The number of amides is 2. The van der Waals surface area contributed by atoms with Gasteiger partial charge in [-0.1, -0.05) is 6.07 Å². The quantitative estimate of drug-likeness (QED) is 0.246. The predicted octanol–water partition coefficient (Wildman–Crippen LogP) is 5.54. The van der Waals surface area contributed by atoms with Crippen molar-refractivity contribution in [2.24, 2.45) is 0 Å². The summed E-state index contributed by atoms with van der Waals surface area (Å²) in [6, 6.07) is 10.2. The number of pyridine rings is 2. The molecule has 2 N–H and O–H groups in total. The molecular weight excluding hydrogens is 579 g/mol. The molecule has 45 heavy (non-hydrogen) atoms. The molecule has 0 spiro atoms. The Morgan fingerprint density at radius 2 is 1.91 bits per heavy atom. The Morgan fingerprint density at radius 1 is 1.11 bits per heavy atom. The second kappa shape index (κ2) is 12.4. The molecule has 4 aromatic rings. The van der Waals surface area contributed by atoms with Gasteiger partial charge in [-0.05, 0) is 69.9 Å². The second-order valence-electron chi connectivity index (χ2n) is 12.3. The maximum Gasteiger partial charge on any atom is 0.417 e. The molecular formula is C33H37FN6O5. The van der Waals surface area contributed by atoms with Gasteiger partial charge in [0, 0.05) is 44.1 Å². The molecule has 0 saturated carbocycles. The van der Waals surface area contributed by atoms with Gasteiger partial charge in [0.2, 0.25) is 0 Å². The molecule has 236 valence electrons. The standard InChI is InChI=1S/C33H37FN6O5/c1-33(2,3)45-32(43)40-20-25-24(27-19-36-29-17-21(34)9-14-39(27)29)6-7-26(30(25)31(40)42)37-28-8-5-22(18-35-28)38-12-10-23(11-13-38)44-16-4-15-41/h5-9,14,17-19,23,41H,4,10-13,15-16,20H2,1-3H3,(H,35,37). The van der Waals surface area contributed by atoms with Gasteiger partial charge in [-0.25, -0.2) is 24.1 Å². The highest BCUT2D eigenvalue weighted by molar-refractivity contribution is 6.11. The van der Waals surface area contributed by atoms with Crippen molar-refractivity contribution in [3.63, 3.8) is 0 Å². The molecule has 0 radical (unpaired) electrons. The van der Waals surface area contributed by atoms with Crippen molar-refractivity contribution < 1.29 is 28.6 Å². The molecule has 1 aromatic carbocycles. The van der Waals surface area contributed by atoms with E-state index in [0.717, 1.165) is 36.5 Å². The van der Waals surface area contributed by atoms with Gasteiger partial charge in [0.1, 0.15) is 22.9 Å². The number of aromatic nitrogens is 3. The Labute approximate surface area is 260 Å². The van der Waals surface area contributed by atoms with Gasteiger partial charge in [0.25, 0.3) is 5.91 Å². The van der Waals surface area contributed by atoms with Crippen molar-refractivity contribution in [2.45, 2.75) is 58.3 Å². The van der Waals surface area contributed by atoms with E-state index in [1.165, 1.54) is 12.1 Å². The number of piperidine rings is 1. The number of rotatable bonds is 8. The number of halogens is 1. The molecule has 12 heteroatoms. The van der Waals surface area contributed by atoms with Crippen LogP contribution in [-0.4, -0.2) is 74.4 Å². The number of nitrogens with zero attached hydrogens (tertiary/aromatic N) is 5. The van der Waals surface area contributed by atoms with Crippen molar-refractivity contribution in [3.05, 3.63) is 71.9 Å². The van der Waals surface area contributed by atoms with Crippen molar-refractivity contribution in [2.75, 3.05) is 36.5 Å². The van der Waals surface area contributed by atoms with Gasteiger partial charge in [0.15, 0.2) is 0 Å². The van der Waals surface area contributed by atoms with Crippen LogP contribution in [-0.2, 0) is 16.0 Å². The summed E-state index contributed by atoms with van der Waals surface area (Å²) in [7, 11) is 0. The highest BCUT2D eigenvalue weighted by Crippen LogP contribution is 2.39. The fourth-order valence-corrected chi connectivity index (χ4v) is 5.77. The van der Waals surface area contributed by atoms with Crippen LogP contribution < -0.4 is 10.2 Å². The average Bonchev–Trinajstić information content (AvgIpc) is 3.58. The SMILES string of the molecule is CC(C)(C)OC(=O)N1Cc2c(-c3cnc4cc(F)ccn34)ccc(Nc3ccc(N4CCC(OCCCO)CC4)cn3)c2C1=O. The van der Waals surface area contributed by atoms with Crippen LogP contribution in [0.5, 0.6) is 0 Å². The first kappa shape index (κ1) is 30.5. The third-order valence-corrected chi connectivity index (χ3v) is 7.93. The molecule has 0 aliphatic carbocycles. The number of hydrogen-bond acceptors (Lipinski definition) is 9. The molecule has 11 nitrogen and oxygen atoms in total. The molecule has 1 saturated heterocycles. The average molecular weight is 617 g/mol. The Balaban J connectivity index is 1.26. The summed E-state index contributed by atoms with van der Waals surface area (Å²) in [5.74, 6) is -0.337. The van der Waals surface area contributed by atoms with Crippen molar-refractivity contribution >= 4 is 34.8 Å². The summed E-state index contributed by atoms with van der Waals surface area (Å²) >= 11 is 0. The Morgan fingerprint density at radius 3 is 2.62 bits per heavy atom. The first-order valence-corrected chi connectivity index (χ1v) is 15.2. The first-order valence-electron chi connectivity index (χ1n) is 15.2. The van der Waals surface area contributed by atoms with E-state index in [0.29, 0.717) is 52.6 Å². The molecule has 2 aliphatic heterocycles. The summed E-state index contributed by atoms with van der Waals surface area (Å²) in [6.07, 6.45) is 6.95. The Bertz CT molecular complexity index is 1710. The van der Waals surface area contributed by atoms with Crippen LogP contribution in [0.1, 0.15) is 56.0 Å². The third-order valence-electron chi connectivity index (χ3n) is 7.93. The Hall–Kier alpha value is -4.55. The number of benzene rings is 1. The van der Waals surface area contributed by atoms with Crippen LogP contribution in [0.4, 0.5) is 26.4 Å². The maximum absolute atomic E-state index is 13.9. The van der Waals surface area contributed by atoms with Crippen LogP contribution in [0.3, 0.4) is 0 Å². The number of fused-ring (bicyclic) bond motifs is 2. The molecule has 5 heterocycles. The van der Waals surface area contributed by atoms with Crippen LogP contribution in [0, 0.1) is 5.82 Å². The number of anilines is 3. The van der Waals surface area contributed by atoms with Gasteiger partial charge in [-0.2, -0.15) is 0 Å². The number of imide groups is 1. The van der Waals surface area contributed by atoms with E-state index >= 15 is 0 Å². The highest BCUT2D eigenvalue weighted by atomic mass is 19.1. The molecule has 6 rings (SSSR count). The van der Waals surface area contributed by atoms with E-state index in [1.54, 1.807) is 49.8 Å². The number of carbonyl (C=O) groups excluding carboxylic acids is 2. The third kappa shape index (κ3) is 6.47. The maximum atomic E-state index is 13.9. The fraction of sp³-hybridized carbons (Fsp3) is 0.394. The van der Waals surface area contributed by atoms with Gasteiger partial charge >= 0.3 is 6.09 Å². The largest absolute Gasteiger partial charge is 0.443 e. The predicted molar refractivity (Wildman–Crippen MR) is 167 cm³/mol. The number of aliphatic hydroxyl groups excluding tert-OH is 1. The number of nitrogens with one attached hydrogen (secondary N) is 1. The zero-order chi connectivity index (χ0) is 31.7. The topological polar surface area (TPSA) is 122 Å². The molecule has 3 aromatic heterocycles. The van der Waals surface area contributed by atoms with Crippen molar-refractivity contribution in [1.29, 1.82) is 0 Å². The van der Waals surface area contributed by atoms with E-state index in [2.05, 4.69) is 20.2 Å². The minimum atomic E-state index is -0.782. The lowest BCUT2D eigenvalue weighted by Crippen LogP contribution is -2.37. The van der Waals surface area contributed by atoms with E-state index in [1.807, 2.05) is 18.2 Å². The van der Waals surface area contributed by atoms with Gasteiger partial charge in [-0.3, -0.25) is 9.20 Å². The van der Waals surface area contributed by atoms with E-state index in [4.69, 9.17) is 14.6 Å². The van der Waals surface area contributed by atoms with Crippen LogP contribution in [0.15, 0.2) is 55.0 Å². The molecule has 2 aliphatic rings. The zero-order valence-electron chi connectivity index (χ0n) is 25.6. The zero-order valence-corrected chi connectivity index (χ0v) is 25.6. The van der Waals surface area contributed by atoms with Crippen molar-refractivity contribution in [3.8, 4) is 11.3 Å². The number of imidazole rings is 1. The minimum Gasteiger partial charge on any atom is -0.443 e. The lowest BCUT2D eigenvalue weighted by molar-refractivity contribution is 0.0247. The van der Waals surface area contributed by atoms with E-state index in [9.17, 15) is 14.0 Å². The monoisotopic (exact) mass is 616 g/mol. The Kier molecular flexibility index (Phi) is 8.43. The lowest BCUT2D eigenvalue weighted by atomic mass is 9.99. The first-order chi connectivity index (χ1) is 21.6. The normalized spacial score (nSPS) is 15.5. The number of ether oxygens (including phenoxy) is 2. The number of carbonyl (C=O) groups is 2. The summed E-state index contributed by atoms with van der Waals surface area (Å²) in [6.45, 7) is 7.66. The van der Waals surface area contributed by atoms with Crippen LogP contribution >= 0.6 is 0 Å². The van der Waals surface area contributed by atoms with E-state index < -0.39 is 23.4 Å². The van der Waals surface area contributed by atoms with E-state index in [-0.39, 0.29) is 19.3 Å². The lowest BCUT2D eigenvalue weighted by Gasteiger charge is -2.33. The fourth-order valence-electron chi connectivity index (χ4n) is 5.77. The van der Waals surface area contributed by atoms with Crippen LogP contribution in [0.2, 0.25) is 0 Å². The summed E-state index contributed by atoms with van der Waals surface area (Å²) in [5, 5.41) is 12.3. The minimum absolute atomic E-state index is 0.00833. The summed E-state index contributed by atoms with van der Waals surface area (Å²) < 4.78 is 27.0. The van der Waals surface area contributed by atoms with Crippen molar-refractivity contribution in [1.82, 2.24) is 19.3 Å². The molecule has 0 atom stereocenters. The molecule has 0 unspecified atom stereocenters. The number of aliphatic hydroxyl groups is 1. The highest BCUT2D eigenvalue weighted by Gasteiger charge is 2.39. The van der Waals surface area contributed by atoms with Gasteiger partial charge in [0.05, 0.1) is 47.7 Å². The number of hydrogen-bond donors (Lipinski definition) is 2. The van der Waals surface area contributed by atoms with Crippen LogP contribution in [0.25, 0.3) is 16.9 Å². The summed E-state index contributed by atoms with van der Waals surface area (Å²) in [5.41, 5.74) is 3.47. The summed E-state index contributed by atoms with van der Waals surface area (Å²) in [4.78, 5) is 39.2. The molecule has 2 amide bonds. The van der Waals surface area contributed by atoms with Gasteiger partial charge in [-0.15, -0.1) is 0 Å². The smallest absolute Gasteiger partial charge is 0.417 e. The molecule has 0 bridgehead atoms. The second-order valence-corrected chi connectivity index (χ2v) is 12.3.